The highest BCUT2D eigenvalue weighted by molar-refractivity contribution is 6.34. The van der Waals surface area contributed by atoms with Crippen molar-refractivity contribution in [1.29, 1.82) is 0 Å². The van der Waals surface area contributed by atoms with Crippen molar-refractivity contribution in [1.82, 2.24) is 0 Å². The SMILES string of the molecule is O=C(COC(=O)C[C@@H]1C[C@@H]2CC[C@@H]1C2)Nc1c(Cl)cccc1C(F)(F)F. The van der Waals surface area contributed by atoms with E-state index in [0.717, 1.165) is 31.4 Å². The molecule has 0 unspecified atom stereocenters. The number of hydrogen-bond donors (Lipinski definition) is 1. The largest absolute Gasteiger partial charge is 0.456 e. The second-order valence-corrected chi connectivity index (χ2v) is 7.42. The van der Waals surface area contributed by atoms with Crippen LogP contribution in [0.25, 0.3) is 0 Å². The highest BCUT2D eigenvalue weighted by Crippen LogP contribution is 2.49. The summed E-state index contributed by atoms with van der Waals surface area (Å²) in [5, 5.41) is 1.86. The Kier molecular flexibility index (Phi) is 5.46. The van der Waals surface area contributed by atoms with Gasteiger partial charge in [-0.15, -0.1) is 0 Å². The van der Waals surface area contributed by atoms with Crippen LogP contribution in [0.1, 0.15) is 37.7 Å². The third-order valence-electron chi connectivity index (χ3n) is 5.26. The van der Waals surface area contributed by atoms with E-state index in [-0.39, 0.29) is 11.4 Å². The van der Waals surface area contributed by atoms with E-state index in [0.29, 0.717) is 17.8 Å². The molecule has 1 amide bonds. The van der Waals surface area contributed by atoms with Crippen molar-refractivity contribution in [2.75, 3.05) is 11.9 Å². The molecule has 1 N–H and O–H groups in total. The van der Waals surface area contributed by atoms with Gasteiger partial charge < -0.3 is 10.1 Å². The zero-order valence-corrected chi connectivity index (χ0v) is 14.7. The molecule has 3 atom stereocenters. The number of carbonyl (C=O) groups excluding carboxylic acids is 2. The van der Waals surface area contributed by atoms with E-state index >= 15 is 0 Å². The van der Waals surface area contributed by atoms with Gasteiger partial charge in [-0.3, -0.25) is 9.59 Å². The molecule has 0 spiro atoms. The van der Waals surface area contributed by atoms with E-state index < -0.39 is 35.9 Å². The molecule has 2 bridgehead atoms. The van der Waals surface area contributed by atoms with Crippen LogP contribution in [0.4, 0.5) is 18.9 Å². The van der Waals surface area contributed by atoms with Crippen LogP contribution in [-0.4, -0.2) is 18.5 Å². The first-order valence-corrected chi connectivity index (χ1v) is 8.93. The first kappa shape index (κ1) is 19.0. The molecule has 3 rings (SSSR count). The first-order valence-electron chi connectivity index (χ1n) is 8.55. The van der Waals surface area contributed by atoms with Crippen molar-refractivity contribution in [3.05, 3.63) is 28.8 Å². The number of anilines is 1. The molecule has 26 heavy (non-hydrogen) atoms. The Labute approximate surface area is 154 Å². The molecule has 4 nitrogen and oxygen atoms in total. The lowest BCUT2D eigenvalue weighted by Crippen LogP contribution is -2.24. The number of esters is 1. The summed E-state index contributed by atoms with van der Waals surface area (Å²) in [5.74, 6) is 0.198. The minimum atomic E-state index is -4.66. The topological polar surface area (TPSA) is 55.4 Å². The molecular weight excluding hydrogens is 371 g/mol. The molecule has 142 valence electrons. The molecule has 0 aliphatic heterocycles. The van der Waals surface area contributed by atoms with Crippen molar-refractivity contribution in [3.63, 3.8) is 0 Å². The summed E-state index contributed by atoms with van der Waals surface area (Å²) < 4.78 is 43.9. The minimum Gasteiger partial charge on any atom is -0.456 e. The Morgan fingerprint density at radius 3 is 2.62 bits per heavy atom. The van der Waals surface area contributed by atoms with E-state index in [9.17, 15) is 22.8 Å². The summed E-state index contributed by atoms with van der Waals surface area (Å²) in [6.45, 7) is -0.637. The zero-order valence-electron chi connectivity index (χ0n) is 13.9. The van der Waals surface area contributed by atoms with Gasteiger partial charge in [0.15, 0.2) is 6.61 Å². The third-order valence-corrected chi connectivity index (χ3v) is 5.58. The number of halogens is 4. The van der Waals surface area contributed by atoms with Crippen molar-refractivity contribution < 1.29 is 27.5 Å². The average molecular weight is 390 g/mol. The molecule has 2 fully saturated rings. The molecule has 0 heterocycles. The van der Waals surface area contributed by atoms with Crippen molar-refractivity contribution in [2.24, 2.45) is 17.8 Å². The standard InChI is InChI=1S/C18H19ClF3NO3/c19-14-3-1-2-13(18(20,21)22)17(14)23-15(24)9-26-16(25)8-12-7-10-4-5-11(12)6-10/h1-3,10-12H,4-9H2,(H,23,24)/t10-,11-,12+/m1/s1. The molecule has 2 aliphatic rings. The number of alkyl halides is 3. The van der Waals surface area contributed by atoms with Crippen LogP contribution >= 0.6 is 11.6 Å². The molecule has 2 aliphatic carbocycles. The van der Waals surface area contributed by atoms with Crippen molar-refractivity contribution in [3.8, 4) is 0 Å². The summed E-state index contributed by atoms with van der Waals surface area (Å²) in [4.78, 5) is 23.8. The van der Waals surface area contributed by atoms with Crippen molar-refractivity contribution >= 4 is 29.2 Å². The Hall–Kier alpha value is -1.76. The predicted molar refractivity (Wildman–Crippen MR) is 89.6 cm³/mol. The number of hydrogen-bond acceptors (Lipinski definition) is 3. The summed E-state index contributed by atoms with van der Waals surface area (Å²) >= 11 is 5.77. The van der Waals surface area contributed by atoms with Crippen LogP contribution < -0.4 is 5.32 Å². The van der Waals surface area contributed by atoms with Gasteiger partial charge in [-0.25, -0.2) is 0 Å². The number of ether oxygens (including phenoxy) is 1. The monoisotopic (exact) mass is 389 g/mol. The van der Waals surface area contributed by atoms with Crippen LogP contribution in [0.2, 0.25) is 5.02 Å². The fourth-order valence-electron chi connectivity index (χ4n) is 4.11. The number of fused-ring (bicyclic) bond motifs is 2. The fourth-order valence-corrected chi connectivity index (χ4v) is 4.33. The lowest BCUT2D eigenvalue weighted by molar-refractivity contribution is -0.148. The van der Waals surface area contributed by atoms with Gasteiger partial charge >= 0.3 is 12.1 Å². The van der Waals surface area contributed by atoms with Gasteiger partial charge in [0.25, 0.3) is 5.91 Å². The lowest BCUT2D eigenvalue weighted by Gasteiger charge is -2.20. The van der Waals surface area contributed by atoms with Gasteiger partial charge in [0.1, 0.15) is 0 Å². The van der Waals surface area contributed by atoms with Crippen molar-refractivity contribution in [2.45, 2.75) is 38.3 Å². The summed E-state index contributed by atoms with van der Waals surface area (Å²) in [7, 11) is 0. The second-order valence-electron chi connectivity index (χ2n) is 7.01. The Bertz CT molecular complexity index is 707. The lowest BCUT2D eigenvalue weighted by atomic mass is 9.86. The molecule has 1 aromatic rings. The van der Waals surface area contributed by atoms with Crippen LogP contribution in [0.5, 0.6) is 0 Å². The summed E-state index contributed by atoms with van der Waals surface area (Å²) in [6, 6.07) is 3.21. The van der Waals surface area contributed by atoms with Crippen LogP contribution in [-0.2, 0) is 20.5 Å². The summed E-state index contributed by atoms with van der Waals surface area (Å²) in [5.41, 5.74) is -1.58. The number of rotatable bonds is 5. The number of benzene rings is 1. The molecule has 0 aromatic heterocycles. The van der Waals surface area contributed by atoms with Gasteiger partial charge in [0.2, 0.25) is 0 Å². The van der Waals surface area contributed by atoms with E-state index in [2.05, 4.69) is 5.32 Å². The number of carbonyl (C=O) groups is 2. The van der Waals surface area contributed by atoms with E-state index in [4.69, 9.17) is 16.3 Å². The second kappa shape index (κ2) is 7.47. The van der Waals surface area contributed by atoms with Crippen LogP contribution in [0, 0.1) is 17.8 Å². The van der Waals surface area contributed by atoms with Crippen LogP contribution in [0.15, 0.2) is 18.2 Å². The third kappa shape index (κ3) is 4.31. The summed E-state index contributed by atoms with van der Waals surface area (Å²) in [6.07, 6.45) is 0.125. The smallest absolute Gasteiger partial charge is 0.418 e. The molecule has 0 saturated heterocycles. The molecule has 8 heteroatoms. The first-order chi connectivity index (χ1) is 12.2. The van der Waals surface area contributed by atoms with E-state index in [1.165, 1.54) is 12.5 Å². The highest BCUT2D eigenvalue weighted by atomic mass is 35.5. The van der Waals surface area contributed by atoms with E-state index in [1.807, 2.05) is 0 Å². The minimum absolute atomic E-state index is 0.235. The van der Waals surface area contributed by atoms with Gasteiger partial charge in [0.05, 0.1) is 16.3 Å². The number of para-hydroxylation sites is 1. The maximum atomic E-state index is 13.0. The number of amides is 1. The molecule has 0 radical (unpaired) electrons. The fraction of sp³-hybridized carbons (Fsp3) is 0.556. The van der Waals surface area contributed by atoms with Gasteiger partial charge in [-0.05, 0) is 49.1 Å². The number of nitrogens with one attached hydrogen (secondary N) is 1. The molecule has 1 aromatic carbocycles. The highest BCUT2D eigenvalue weighted by Gasteiger charge is 2.40. The van der Waals surface area contributed by atoms with Gasteiger partial charge in [-0.2, -0.15) is 13.2 Å². The van der Waals surface area contributed by atoms with Crippen LogP contribution in [0.3, 0.4) is 0 Å². The Morgan fingerprint density at radius 1 is 1.23 bits per heavy atom. The Balaban J connectivity index is 1.52. The van der Waals surface area contributed by atoms with Gasteiger partial charge in [0, 0.05) is 6.42 Å². The Morgan fingerprint density at radius 2 is 2.00 bits per heavy atom. The zero-order chi connectivity index (χ0) is 18.9. The average Bonchev–Trinajstić information content (AvgIpc) is 3.16. The van der Waals surface area contributed by atoms with E-state index in [1.54, 1.807) is 0 Å². The molecule has 2 saturated carbocycles. The molecular formula is C18H19ClF3NO3. The quantitative estimate of drug-likeness (QED) is 0.745. The maximum Gasteiger partial charge on any atom is 0.418 e. The normalized spacial score (nSPS) is 24.5. The predicted octanol–water partition coefficient (Wildman–Crippen LogP) is 4.67. The maximum absolute atomic E-state index is 13.0. The van der Waals surface area contributed by atoms with Gasteiger partial charge in [-0.1, -0.05) is 24.1 Å².